The molecule has 1 heterocycles. The second-order valence-electron chi connectivity index (χ2n) is 11.1. The number of nitrogens with zero attached hydrogens (tertiary/aromatic N) is 1. The minimum atomic E-state index is -0.582. The summed E-state index contributed by atoms with van der Waals surface area (Å²) in [5, 5.41) is 0. The van der Waals surface area contributed by atoms with Crippen molar-refractivity contribution in [2.75, 3.05) is 6.61 Å². The zero-order chi connectivity index (χ0) is 29.9. The van der Waals surface area contributed by atoms with Crippen molar-refractivity contribution < 1.29 is 23.9 Å². The van der Waals surface area contributed by atoms with Crippen LogP contribution in [0.3, 0.4) is 0 Å². The van der Waals surface area contributed by atoms with Gasteiger partial charge in [0.2, 0.25) is 0 Å². The van der Waals surface area contributed by atoms with E-state index in [1.54, 1.807) is 12.1 Å². The third-order valence-corrected chi connectivity index (χ3v) is 7.95. The minimum Gasteiger partial charge on any atom is -0.494 e. The van der Waals surface area contributed by atoms with Crippen LogP contribution in [0.1, 0.15) is 116 Å². The molecule has 2 amide bonds. The monoisotopic (exact) mass is 569 g/mol. The van der Waals surface area contributed by atoms with Gasteiger partial charge in [-0.05, 0) is 73.4 Å². The molecule has 3 aromatic carbocycles. The first-order valence-electron chi connectivity index (χ1n) is 15.5. The number of unbranched alkanes of at least 4 members (excludes halogenated alkanes) is 8. The summed E-state index contributed by atoms with van der Waals surface area (Å²) in [6, 6.07) is 19.6. The van der Waals surface area contributed by atoms with Gasteiger partial charge >= 0.3 is 5.97 Å². The van der Waals surface area contributed by atoms with Crippen LogP contribution < -0.4 is 9.47 Å². The predicted octanol–water partition coefficient (Wildman–Crippen LogP) is 8.88. The Bertz CT molecular complexity index is 1350. The van der Waals surface area contributed by atoms with E-state index in [0.717, 1.165) is 29.9 Å². The van der Waals surface area contributed by atoms with Gasteiger partial charge in [0.1, 0.15) is 11.5 Å². The van der Waals surface area contributed by atoms with Crippen LogP contribution in [-0.4, -0.2) is 35.3 Å². The van der Waals surface area contributed by atoms with E-state index in [1.807, 2.05) is 50.2 Å². The van der Waals surface area contributed by atoms with Crippen molar-refractivity contribution in [3.63, 3.8) is 0 Å². The van der Waals surface area contributed by atoms with Crippen molar-refractivity contribution in [3.8, 4) is 22.6 Å². The van der Waals surface area contributed by atoms with Gasteiger partial charge in [-0.3, -0.25) is 14.5 Å². The number of rotatable bonds is 16. The minimum absolute atomic E-state index is 0.209. The lowest BCUT2D eigenvalue weighted by Gasteiger charge is -2.20. The lowest BCUT2D eigenvalue weighted by Crippen LogP contribution is -2.37. The van der Waals surface area contributed by atoms with Gasteiger partial charge in [0.25, 0.3) is 11.8 Å². The smallest absolute Gasteiger partial charge is 0.343 e. The highest BCUT2D eigenvalue weighted by molar-refractivity contribution is 6.22. The molecule has 42 heavy (non-hydrogen) atoms. The van der Waals surface area contributed by atoms with Gasteiger partial charge in [-0.25, -0.2) is 4.79 Å². The molecule has 6 nitrogen and oxygen atoms in total. The molecule has 4 rings (SSSR count). The summed E-state index contributed by atoms with van der Waals surface area (Å²) in [7, 11) is 0. The molecule has 0 fully saturated rings. The fourth-order valence-electron chi connectivity index (χ4n) is 5.20. The second kappa shape index (κ2) is 15.3. The normalized spacial score (nSPS) is 13.3. The number of carbonyl (C=O) groups excluding carboxylic acids is 3. The second-order valence-corrected chi connectivity index (χ2v) is 11.1. The van der Waals surface area contributed by atoms with E-state index in [9.17, 15) is 14.4 Å². The number of hydrogen-bond donors (Lipinski definition) is 0. The molecule has 0 saturated heterocycles. The number of imide groups is 1. The molecule has 1 aliphatic rings. The van der Waals surface area contributed by atoms with E-state index < -0.39 is 5.97 Å². The van der Waals surface area contributed by atoms with Gasteiger partial charge in [0, 0.05) is 6.04 Å². The molecule has 0 radical (unpaired) electrons. The molecule has 0 N–H and O–H groups in total. The summed E-state index contributed by atoms with van der Waals surface area (Å²) in [6.07, 6.45) is 12.3. The van der Waals surface area contributed by atoms with E-state index >= 15 is 0 Å². The van der Waals surface area contributed by atoms with E-state index in [0.29, 0.717) is 17.7 Å². The summed E-state index contributed by atoms with van der Waals surface area (Å²) in [4.78, 5) is 39.6. The van der Waals surface area contributed by atoms with E-state index in [2.05, 4.69) is 6.92 Å². The number of benzene rings is 3. The largest absolute Gasteiger partial charge is 0.494 e. The Labute approximate surface area is 250 Å². The Morgan fingerprint density at radius 3 is 1.83 bits per heavy atom. The molecule has 222 valence electrons. The van der Waals surface area contributed by atoms with Crippen molar-refractivity contribution in [2.45, 2.75) is 91.0 Å². The van der Waals surface area contributed by atoms with Crippen LogP contribution in [-0.2, 0) is 0 Å². The molecule has 1 aliphatic heterocycles. The standard InChI is InChI=1S/C36H43NO5/c1-4-6-7-8-9-10-11-12-13-24-41-30-19-14-27(15-20-30)28-16-21-31(22-17-28)42-36(40)29-18-23-32-33(25-29)35(39)37(34(32)38)26(3)5-2/h14-23,25-26H,4-13,24H2,1-3H3/t26-/m0/s1. The van der Waals surface area contributed by atoms with Crippen LogP contribution in [0.5, 0.6) is 11.5 Å². The first kappa shape index (κ1) is 31.0. The average Bonchev–Trinajstić information content (AvgIpc) is 3.27. The van der Waals surface area contributed by atoms with Crippen LogP contribution in [0.15, 0.2) is 66.7 Å². The molecule has 0 spiro atoms. The van der Waals surface area contributed by atoms with Gasteiger partial charge < -0.3 is 9.47 Å². The summed E-state index contributed by atoms with van der Waals surface area (Å²) in [6.45, 7) is 6.75. The number of carbonyl (C=O) groups is 3. The lowest BCUT2D eigenvalue weighted by atomic mass is 10.1. The Morgan fingerprint density at radius 2 is 1.24 bits per heavy atom. The summed E-state index contributed by atoms with van der Waals surface area (Å²) in [5.74, 6) is -0.0118. The SMILES string of the molecule is CCCCCCCCCCCOc1ccc(-c2ccc(OC(=O)c3ccc4c(c3)C(=O)N([C@@H](C)CC)C4=O)cc2)cc1. The number of amides is 2. The van der Waals surface area contributed by atoms with Crippen LogP contribution >= 0.6 is 0 Å². The van der Waals surface area contributed by atoms with Crippen molar-refractivity contribution >= 4 is 17.8 Å². The fourth-order valence-corrected chi connectivity index (χ4v) is 5.20. The molecule has 0 aliphatic carbocycles. The Balaban J connectivity index is 1.24. The number of ether oxygens (including phenoxy) is 2. The van der Waals surface area contributed by atoms with Crippen molar-refractivity contribution in [1.82, 2.24) is 4.90 Å². The van der Waals surface area contributed by atoms with Crippen molar-refractivity contribution in [2.24, 2.45) is 0 Å². The number of hydrogen-bond acceptors (Lipinski definition) is 5. The van der Waals surface area contributed by atoms with Gasteiger partial charge in [0.05, 0.1) is 23.3 Å². The molecular formula is C36H43NO5. The fraction of sp³-hybridized carbons (Fsp3) is 0.417. The maximum atomic E-state index is 12.8. The molecule has 0 aromatic heterocycles. The zero-order valence-corrected chi connectivity index (χ0v) is 25.2. The zero-order valence-electron chi connectivity index (χ0n) is 25.2. The highest BCUT2D eigenvalue weighted by Gasteiger charge is 2.38. The molecule has 1 atom stereocenters. The van der Waals surface area contributed by atoms with Crippen LogP contribution in [0.2, 0.25) is 0 Å². The topological polar surface area (TPSA) is 72.9 Å². The molecule has 3 aromatic rings. The van der Waals surface area contributed by atoms with Crippen molar-refractivity contribution in [1.29, 1.82) is 0 Å². The molecule has 0 unspecified atom stereocenters. The summed E-state index contributed by atoms with van der Waals surface area (Å²) >= 11 is 0. The van der Waals surface area contributed by atoms with Gasteiger partial charge in [0.15, 0.2) is 0 Å². The summed E-state index contributed by atoms with van der Waals surface area (Å²) in [5.41, 5.74) is 2.82. The third kappa shape index (κ3) is 7.87. The predicted molar refractivity (Wildman–Crippen MR) is 166 cm³/mol. The van der Waals surface area contributed by atoms with Crippen molar-refractivity contribution in [3.05, 3.63) is 83.4 Å². The van der Waals surface area contributed by atoms with E-state index in [-0.39, 0.29) is 29.0 Å². The van der Waals surface area contributed by atoms with Crippen LogP contribution in [0.4, 0.5) is 0 Å². The summed E-state index contributed by atoms with van der Waals surface area (Å²) < 4.78 is 11.5. The van der Waals surface area contributed by atoms with E-state index in [4.69, 9.17) is 9.47 Å². The first-order valence-corrected chi connectivity index (χ1v) is 15.5. The quantitative estimate of drug-likeness (QED) is 0.0745. The van der Waals surface area contributed by atoms with Crippen LogP contribution in [0, 0.1) is 0 Å². The lowest BCUT2D eigenvalue weighted by molar-refractivity contribution is 0.0593. The Kier molecular flexibility index (Phi) is 11.3. The van der Waals surface area contributed by atoms with E-state index in [1.165, 1.54) is 74.5 Å². The highest BCUT2D eigenvalue weighted by Crippen LogP contribution is 2.28. The molecule has 6 heteroatoms. The molecular weight excluding hydrogens is 526 g/mol. The van der Waals surface area contributed by atoms with Gasteiger partial charge in [-0.2, -0.15) is 0 Å². The average molecular weight is 570 g/mol. The Hall–Kier alpha value is -3.93. The van der Waals surface area contributed by atoms with Gasteiger partial charge in [-0.15, -0.1) is 0 Å². The maximum Gasteiger partial charge on any atom is 0.343 e. The number of fused-ring (bicyclic) bond motifs is 1. The van der Waals surface area contributed by atoms with Gasteiger partial charge in [-0.1, -0.05) is 89.5 Å². The third-order valence-electron chi connectivity index (χ3n) is 7.95. The highest BCUT2D eigenvalue weighted by atomic mass is 16.5. The first-order chi connectivity index (χ1) is 20.4. The maximum absolute atomic E-state index is 12.8. The number of esters is 1. The molecule has 0 saturated carbocycles. The van der Waals surface area contributed by atoms with Crippen LogP contribution in [0.25, 0.3) is 11.1 Å². The molecule has 0 bridgehead atoms. The Morgan fingerprint density at radius 1 is 0.690 bits per heavy atom.